The number of para-hydroxylation sites is 1. The molecule has 0 aliphatic carbocycles. The Kier molecular flexibility index (Phi) is 6.35. The molecule has 0 bridgehead atoms. The molecule has 3 rings (SSSR count). The van der Waals surface area contributed by atoms with Crippen LogP contribution in [0.4, 0.5) is 0 Å². The van der Waals surface area contributed by atoms with E-state index < -0.39 is 10.0 Å². The Labute approximate surface area is 168 Å². The molecule has 0 atom stereocenters. The first-order chi connectivity index (χ1) is 13.9. The zero-order valence-electron chi connectivity index (χ0n) is 16.2. The van der Waals surface area contributed by atoms with E-state index in [0.29, 0.717) is 29.8 Å². The smallest absolute Gasteiger partial charge is 0.261 e. The van der Waals surface area contributed by atoms with E-state index in [1.54, 1.807) is 19.1 Å². The minimum atomic E-state index is -3.51. The van der Waals surface area contributed by atoms with Gasteiger partial charge >= 0.3 is 0 Å². The summed E-state index contributed by atoms with van der Waals surface area (Å²) in [6.07, 6.45) is 0.715. The second-order valence-corrected chi connectivity index (χ2v) is 8.16. The highest BCUT2D eigenvalue weighted by Crippen LogP contribution is 2.12. The Morgan fingerprint density at radius 1 is 1.14 bits per heavy atom. The molecule has 0 saturated carbocycles. The molecule has 0 radical (unpaired) electrons. The highest BCUT2D eigenvalue weighted by atomic mass is 32.2. The summed E-state index contributed by atoms with van der Waals surface area (Å²) >= 11 is 0. The highest BCUT2D eigenvalue weighted by Gasteiger charge is 2.13. The number of fused-ring (bicyclic) bond motifs is 1. The molecule has 0 unspecified atom stereocenters. The van der Waals surface area contributed by atoms with Crippen LogP contribution in [0.1, 0.15) is 25.8 Å². The quantitative estimate of drug-likeness (QED) is 0.429. The van der Waals surface area contributed by atoms with Crippen molar-refractivity contribution in [2.75, 3.05) is 6.54 Å². The predicted octanol–water partition coefficient (Wildman–Crippen LogP) is 1.66. The fraction of sp³-hybridized carbons (Fsp3) is 0.263. The van der Waals surface area contributed by atoms with Crippen molar-refractivity contribution in [3.63, 3.8) is 0 Å². The van der Waals surface area contributed by atoms with Crippen LogP contribution in [-0.4, -0.2) is 41.6 Å². The molecule has 0 saturated heterocycles. The first-order valence-electron chi connectivity index (χ1n) is 9.12. The van der Waals surface area contributed by atoms with E-state index >= 15 is 0 Å². The van der Waals surface area contributed by atoms with Crippen molar-refractivity contribution < 1.29 is 13.2 Å². The third-order valence-corrected chi connectivity index (χ3v) is 5.66. The van der Waals surface area contributed by atoms with Crippen molar-refractivity contribution in [1.29, 1.82) is 0 Å². The molecule has 1 amide bonds. The number of carbonyl (C=O) groups is 1. The van der Waals surface area contributed by atoms with Gasteiger partial charge in [-0.25, -0.2) is 23.2 Å². The maximum absolute atomic E-state index is 12.2. The number of carbonyl (C=O) groups excluding carboxylic acids is 1. The number of aromatic nitrogens is 3. The zero-order chi connectivity index (χ0) is 20.9. The summed E-state index contributed by atoms with van der Waals surface area (Å²) in [7, 11) is -3.51. The fourth-order valence-corrected chi connectivity index (χ4v) is 3.75. The molecule has 3 aromatic rings. The molecule has 10 heteroatoms. The average Bonchev–Trinajstić information content (AvgIpc) is 3.13. The van der Waals surface area contributed by atoms with Gasteiger partial charge in [-0.3, -0.25) is 4.79 Å². The van der Waals surface area contributed by atoms with Gasteiger partial charge in [0.1, 0.15) is 12.1 Å². The van der Waals surface area contributed by atoms with Crippen LogP contribution in [0.15, 0.2) is 58.5 Å². The molecule has 29 heavy (non-hydrogen) atoms. The van der Waals surface area contributed by atoms with E-state index in [4.69, 9.17) is 0 Å². The van der Waals surface area contributed by atoms with E-state index in [1.807, 2.05) is 31.2 Å². The Morgan fingerprint density at radius 3 is 2.59 bits per heavy atom. The lowest BCUT2D eigenvalue weighted by Gasteiger charge is -2.07. The zero-order valence-corrected chi connectivity index (χ0v) is 17.0. The second-order valence-electron chi connectivity index (χ2n) is 6.39. The summed E-state index contributed by atoms with van der Waals surface area (Å²) in [6, 6.07) is 13.7. The normalized spacial score (nSPS) is 12.3. The molecule has 0 spiro atoms. The largest absolute Gasteiger partial charge is 0.271 e. The molecule has 152 valence electrons. The van der Waals surface area contributed by atoms with Gasteiger partial charge in [0, 0.05) is 6.54 Å². The summed E-state index contributed by atoms with van der Waals surface area (Å²) in [5, 5.41) is 12.1. The monoisotopic (exact) mass is 414 g/mol. The number of benzene rings is 2. The lowest BCUT2D eigenvalue weighted by molar-refractivity contribution is -0.121. The molecule has 2 aromatic carbocycles. The molecular formula is C19H22N6O3S. The number of hydrogen-bond donors (Lipinski definition) is 2. The maximum Gasteiger partial charge on any atom is 0.261 e. The van der Waals surface area contributed by atoms with Gasteiger partial charge in [0.2, 0.25) is 10.0 Å². The maximum atomic E-state index is 12.2. The number of hydrazone groups is 1. The van der Waals surface area contributed by atoms with Crippen LogP contribution in [0.3, 0.4) is 0 Å². The van der Waals surface area contributed by atoms with Crippen molar-refractivity contribution in [2.45, 2.75) is 31.7 Å². The summed E-state index contributed by atoms with van der Waals surface area (Å²) < 4.78 is 28.3. The highest BCUT2D eigenvalue weighted by molar-refractivity contribution is 7.89. The number of sulfonamides is 1. The van der Waals surface area contributed by atoms with Gasteiger partial charge < -0.3 is 0 Å². The lowest BCUT2D eigenvalue weighted by Crippen LogP contribution is -2.25. The van der Waals surface area contributed by atoms with E-state index in [-0.39, 0.29) is 17.3 Å². The van der Waals surface area contributed by atoms with Crippen molar-refractivity contribution in [3.8, 4) is 0 Å². The van der Waals surface area contributed by atoms with E-state index in [2.05, 4.69) is 25.6 Å². The third kappa shape index (κ3) is 5.04. The first kappa shape index (κ1) is 20.6. The standard InChI is InChI=1S/C19H22N6O3S/c1-3-12-20-29(27,28)16-10-8-15(9-11-16)14(2)21-23-19(26)13-25-18-7-5-4-6-17(18)22-24-25/h4-11,20H,3,12-13H2,1-2H3,(H,23,26)/b21-14-. The molecule has 1 heterocycles. The molecule has 1 aromatic heterocycles. The second kappa shape index (κ2) is 8.93. The number of rotatable bonds is 8. The van der Waals surface area contributed by atoms with E-state index in [1.165, 1.54) is 16.8 Å². The van der Waals surface area contributed by atoms with Gasteiger partial charge in [-0.1, -0.05) is 36.4 Å². The molecule has 2 N–H and O–H groups in total. The number of hydrogen-bond acceptors (Lipinski definition) is 6. The molecule has 9 nitrogen and oxygen atoms in total. The van der Waals surface area contributed by atoms with Crippen molar-refractivity contribution in [1.82, 2.24) is 25.1 Å². The van der Waals surface area contributed by atoms with Crippen LogP contribution in [0.25, 0.3) is 11.0 Å². The van der Waals surface area contributed by atoms with Crippen LogP contribution >= 0.6 is 0 Å². The Morgan fingerprint density at radius 2 is 1.86 bits per heavy atom. The van der Waals surface area contributed by atoms with Gasteiger partial charge in [-0.15, -0.1) is 5.10 Å². The van der Waals surface area contributed by atoms with Gasteiger partial charge in [-0.2, -0.15) is 5.10 Å². The summed E-state index contributed by atoms with van der Waals surface area (Å²) in [5.41, 5.74) is 5.21. The van der Waals surface area contributed by atoms with E-state index in [0.717, 1.165) is 5.52 Å². The van der Waals surface area contributed by atoms with Crippen molar-refractivity contribution in [3.05, 3.63) is 54.1 Å². The van der Waals surface area contributed by atoms with Crippen LogP contribution in [0, 0.1) is 0 Å². The molecule has 0 fully saturated rings. The van der Waals surface area contributed by atoms with Crippen molar-refractivity contribution >= 4 is 32.7 Å². The number of nitrogens with one attached hydrogen (secondary N) is 2. The first-order valence-corrected chi connectivity index (χ1v) is 10.6. The van der Waals surface area contributed by atoms with Gasteiger partial charge in [0.15, 0.2) is 0 Å². The van der Waals surface area contributed by atoms with Crippen LogP contribution in [-0.2, 0) is 21.4 Å². The minimum Gasteiger partial charge on any atom is -0.271 e. The topological polar surface area (TPSA) is 118 Å². The predicted molar refractivity (Wildman–Crippen MR) is 110 cm³/mol. The molecule has 0 aliphatic heterocycles. The Bertz CT molecular complexity index is 1140. The number of nitrogens with zero attached hydrogens (tertiary/aromatic N) is 4. The van der Waals surface area contributed by atoms with Crippen LogP contribution in [0.5, 0.6) is 0 Å². The van der Waals surface area contributed by atoms with Crippen LogP contribution in [0.2, 0.25) is 0 Å². The van der Waals surface area contributed by atoms with Crippen molar-refractivity contribution in [2.24, 2.45) is 5.10 Å². The fourth-order valence-electron chi connectivity index (χ4n) is 2.61. The number of amides is 1. The van der Waals surface area contributed by atoms with Gasteiger partial charge in [-0.05, 0) is 43.2 Å². The van der Waals surface area contributed by atoms with Gasteiger partial charge in [0.05, 0.1) is 16.1 Å². The Hall–Kier alpha value is -3.11. The third-order valence-electron chi connectivity index (χ3n) is 4.19. The summed E-state index contributed by atoms with van der Waals surface area (Å²) in [5.74, 6) is -0.344. The summed E-state index contributed by atoms with van der Waals surface area (Å²) in [4.78, 5) is 12.4. The molecular weight excluding hydrogens is 392 g/mol. The average molecular weight is 414 g/mol. The Balaban J connectivity index is 1.64. The SMILES string of the molecule is CCCNS(=O)(=O)c1ccc(/C(C)=N\NC(=O)Cn2nnc3ccccc32)cc1. The lowest BCUT2D eigenvalue weighted by atomic mass is 10.1. The molecule has 0 aliphatic rings. The summed E-state index contributed by atoms with van der Waals surface area (Å²) in [6.45, 7) is 3.99. The van der Waals surface area contributed by atoms with Crippen LogP contribution < -0.4 is 10.1 Å². The van der Waals surface area contributed by atoms with Gasteiger partial charge in [0.25, 0.3) is 5.91 Å². The van der Waals surface area contributed by atoms with E-state index in [9.17, 15) is 13.2 Å². The minimum absolute atomic E-state index is 0.0163.